The second-order valence-electron chi connectivity index (χ2n) is 5.77. The van der Waals surface area contributed by atoms with Crippen molar-refractivity contribution >= 4 is 11.6 Å². The van der Waals surface area contributed by atoms with Gasteiger partial charge in [-0.15, -0.1) is 0 Å². The number of carbonyl (C=O) groups excluding carboxylic acids is 2. The molecule has 0 fully saturated rings. The Bertz CT molecular complexity index is 559. The van der Waals surface area contributed by atoms with E-state index < -0.39 is 11.5 Å². The normalized spacial score (nSPS) is 15.9. The van der Waals surface area contributed by atoms with E-state index in [1.807, 2.05) is 20.8 Å². The van der Waals surface area contributed by atoms with Crippen LogP contribution in [0.1, 0.15) is 47.9 Å². The lowest BCUT2D eigenvalue weighted by molar-refractivity contribution is 0.0921. The van der Waals surface area contributed by atoms with Crippen LogP contribution in [0, 0.1) is 5.41 Å². The molecule has 0 saturated carbocycles. The third kappa shape index (κ3) is 2.08. The minimum atomic E-state index is -0.454. The van der Waals surface area contributed by atoms with Gasteiger partial charge in [-0.1, -0.05) is 45.0 Å². The van der Waals surface area contributed by atoms with E-state index in [4.69, 9.17) is 0 Å². The Morgan fingerprint density at radius 3 is 2.00 bits per heavy atom. The summed E-state index contributed by atoms with van der Waals surface area (Å²) in [6.07, 6.45) is 0.387. The Hall–Kier alpha value is -1.90. The van der Waals surface area contributed by atoms with E-state index in [1.54, 1.807) is 24.3 Å². The number of allylic oxidation sites excluding steroid dienone is 2. The number of Topliss-reactive ketones (excluding diaryl/α,β-unsaturated/α-hetero) is 2. The molecule has 1 aliphatic carbocycles. The lowest BCUT2D eigenvalue weighted by Gasteiger charge is -2.23. The summed E-state index contributed by atoms with van der Waals surface area (Å²) in [5.41, 5.74) is 0.745. The monoisotopic (exact) mass is 244 g/mol. The standard InChI is InChI=1S/C15H16O3/c1-15(2,3)8-11-12(16)9-6-4-5-7-10(9)13(17)14(11)18/h4-7,18H,8H2,1-3H3. The highest BCUT2D eigenvalue weighted by molar-refractivity contribution is 6.25. The van der Waals surface area contributed by atoms with E-state index in [2.05, 4.69) is 0 Å². The molecule has 1 N–H and O–H groups in total. The minimum Gasteiger partial charge on any atom is -0.504 e. The Labute approximate surface area is 106 Å². The number of ketones is 2. The molecule has 0 amide bonds. The van der Waals surface area contributed by atoms with Crippen molar-refractivity contribution in [3.8, 4) is 0 Å². The zero-order chi connectivity index (χ0) is 13.5. The van der Waals surface area contributed by atoms with Crippen molar-refractivity contribution < 1.29 is 14.7 Å². The number of hydrogen-bond acceptors (Lipinski definition) is 3. The summed E-state index contributed by atoms with van der Waals surface area (Å²) in [4.78, 5) is 24.3. The fraction of sp³-hybridized carbons (Fsp3) is 0.333. The van der Waals surface area contributed by atoms with Gasteiger partial charge in [-0.25, -0.2) is 0 Å². The molecule has 0 unspecified atom stereocenters. The highest BCUT2D eigenvalue weighted by Gasteiger charge is 2.33. The number of aliphatic hydroxyl groups excluding tert-OH is 1. The van der Waals surface area contributed by atoms with Crippen LogP contribution < -0.4 is 0 Å². The molecule has 94 valence electrons. The van der Waals surface area contributed by atoms with Crippen LogP contribution in [0.2, 0.25) is 0 Å². The summed E-state index contributed by atoms with van der Waals surface area (Å²) < 4.78 is 0. The minimum absolute atomic E-state index is 0.161. The lowest BCUT2D eigenvalue weighted by atomic mass is 9.80. The highest BCUT2D eigenvalue weighted by Crippen LogP contribution is 2.32. The fourth-order valence-electron chi connectivity index (χ4n) is 2.11. The third-order valence-electron chi connectivity index (χ3n) is 2.90. The van der Waals surface area contributed by atoms with Gasteiger partial charge in [-0.3, -0.25) is 9.59 Å². The van der Waals surface area contributed by atoms with Gasteiger partial charge in [0.05, 0.1) is 0 Å². The maximum atomic E-state index is 12.3. The number of benzene rings is 1. The molecular weight excluding hydrogens is 228 g/mol. The molecule has 0 aromatic heterocycles. The summed E-state index contributed by atoms with van der Waals surface area (Å²) in [6.45, 7) is 5.89. The van der Waals surface area contributed by atoms with Gasteiger partial charge in [0.25, 0.3) is 0 Å². The number of carbonyl (C=O) groups is 2. The first-order valence-corrected chi connectivity index (χ1v) is 5.92. The molecule has 1 aliphatic rings. The molecule has 0 aliphatic heterocycles. The second kappa shape index (κ2) is 4.09. The van der Waals surface area contributed by atoms with E-state index >= 15 is 0 Å². The van der Waals surface area contributed by atoms with Crippen LogP contribution in [0.5, 0.6) is 0 Å². The molecule has 18 heavy (non-hydrogen) atoms. The fourth-order valence-corrected chi connectivity index (χ4v) is 2.11. The predicted octanol–water partition coefficient (Wildman–Crippen LogP) is 3.31. The molecule has 3 nitrogen and oxygen atoms in total. The van der Waals surface area contributed by atoms with Crippen LogP contribution in [0.25, 0.3) is 0 Å². The predicted molar refractivity (Wildman–Crippen MR) is 68.8 cm³/mol. The van der Waals surface area contributed by atoms with Crippen LogP contribution >= 0.6 is 0 Å². The van der Waals surface area contributed by atoms with E-state index in [9.17, 15) is 14.7 Å². The highest BCUT2D eigenvalue weighted by atomic mass is 16.3. The molecule has 2 rings (SSSR count). The van der Waals surface area contributed by atoms with E-state index in [1.165, 1.54) is 0 Å². The number of hydrogen-bond donors (Lipinski definition) is 1. The molecule has 1 aromatic carbocycles. The molecule has 1 aromatic rings. The Morgan fingerprint density at radius 2 is 1.50 bits per heavy atom. The lowest BCUT2D eigenvalue weighted by Crippen LogP contribution is -2.24. The van der Waals surface area contributed by atoms with E-state index in [0.29, 0.717) is 12.0 Å². The van der Waals surface area contributed by atoms with Gasteiger partial charge in [-0.2, -0.15) is 0 Å². The third-order valence-corrected chi connectivity index (χ3v) is 2.90. The largest absolute Gasteiger partial charge is 0.504 e. The summed E-state index contributed by atoms with van der Waals surface area (Å²) in [7, 11) is 0. The van der Waals surface area contributed by atoms with Crippen LogP contribution in [0.4, 0.5) is 0 Å². The van der Waals surface area contributed by atoms with Gasteiger partial charge in [0, 0.05) is 16.7 Å². The summed E-state index contributed by atoms with van der Waals surface area (Å²) in [5.74, 6) is -1.09. The summed E-state index contributed by atoms with van der Waals surface area (Å²) >= 11 is 0. The van der Waals surface area contributed by atoms with Crippen molar-refractivity contribution in [1.82, 2.24) is 0 Å². The Morgan fingerprint density at radius 1 is 1.00 bits per heavy atom. The van der Waals surface area contributed by atoms with Gasteiger partial charge in [-0.05, 0) is 11.8 Å². The SMILES string of the molecule is CC(C)(C)CC1=C(O)C(=O)c2ccccc2C1=O. The Kier molecular flexibility index (Phi) is 2.85. The van der Waals surface area contributed by atoms with Crippen molar-refractivity contribution in [2.45, 2.75) is 27.2 Å². The average Bonchev–Trinajstić information content (AvgIpc) is 2.31. The van der Waals surface area contributed by atoms with Crippen molar-refractivity contribution in [3.05, 3.63) is 46.7 Å². The molecular formula is C15H16O3. The molecule has 0 heterocycles. The second-order valence-corrected chi connectivity index (χ2v) is 5.77. The van der Waals surface area contributed by atoms with Gasteiger partial charge >= 0.3 is 0 Å². The van der Waals surface area contributed by atoms with Gasteiger partial charge in [0.15, 0.2) is 11.5 Å². The molecule has 0 saturated heterocycles. The Balaban J connectivity index is 2.53. The van der Waals surface area contributed by atoms with Crippen LogP contribution in [-0.4, -0.2) is 16.7 Å². The molecule has 0 atom stereocenters. The average molecular weight is 244 g/mol. The molecule has 0 bridgehead atoms. The van der Waals surface area contributed by atoms with Gasteiger partial charge in [0.2, 0.25) is 5.78 Å². The van der Waals surface area contributed by atoms with Crippen molar-refractivity contribution in [2.24, 2.45) is 5.41 Å². The van der Waals surface area contributed by atoms with Crippen LogP contribution in [0.15, 0.2) is 35.6 Å². The first-order chi connectivity index (χ1) is 8.31. The number of rotatable bonds is 1. The van der Waals surface area contributed by atoms with E-state index in [0.717, 1.165) is 0 Å². The molecule has 3 heteroatoms. The van der Waals surface area contributed by atoms with Crippen LogP contribution in [0.3, 0.4) is 0 Å². The summed E-state index contributed by atoms with van der Waals surface area (Å²) in [5, 5.41) is 9.93. The zero-order valence-electron chi connectivity index (χ0n) is 10.8. The molecule has 0 radical (unpaired) electrons. The smallest absolute Gasteiger partial charge is 0.228 e. The summed E-state index contributed by atoms with van der Waals surface area (Å²) in [6, 6.07) is 6.61. The zero-order valence-corrected chi connectivity index (χ0v) is 10.8. The van der Waals surface area contributed by atoms with Crippen molar-refractivity contribution in [1.29, 1.82) is 0 Å². The van der Waals surface area contributed by atoms with Crippen molar-refractivity contribution in [3.63, 3.8) is 0 Å². The van der Waals surface area contributed by atoms with Gasteiger partial charge in [0.1, 0.15) is 0 Å². The first kappa shape index (κ1) is 12.6. The van der Waals surface area contributed by atoms with Crippen LogP contribution in [-0.2, 0) is 0 Å². The maximum Gasteiger partial charge on any atom is 0.228 e. The van der Waals surface area contributed by atoms with Crippen molar-refractivity contribution in [2.75, 3.05) is 0 Å². The maximum absolute atomic E-state index is 12.3. The quantitative estimate of drug-likeness (QED) is 0.824. The molecule has 0 spiro atoms. The van der Waals surface area contributed by atoms with E-state index in [-0.39, 0.29) is 22.3 Å². The topological polar surface area (TPSA) is 54.4 Å². The first-order valence-electron chi connectivity index (χ1n) is 5.92. The number of fused-ring (bicyclic) bond motifs is 1. The number of aliphatic hydroxyl groups is 1. The van der Waals surface area contributed by atoms with Gasteiger partial charge < -0.3 is 5.11 Å².